The number of aromatic nitrogens is 6. The van der Waals surface area contributed by atoms with Gasteiger partial charge in [0.2, 0.25) is 11.9 Å². The van der Waals surface area contributed by atoms with E-state index in [4.69, 9.17) is 0 Å². The van der Waals surface area contributed by atoms with E-state index in [-0.39, 0.29) is 12.6 Å². The molecule has 0 fully saturated rings. The molecule has 9 nitrogen and oxygen atoms in total. The van der Waals surface area contributed by atoms with Crippen molar-refractivity contribution in [1.82, 2.24) is 29.7 Å². The van der Waals surface area contributed by atoms with Crippen molar-refractivity contribution >= 4 is 11.9 Å². The van der Waals surface area contributed by atoms with Crippen LogP contribution in [0.15, 0.2) is 12.7 Å². The van der Waals surface area contributed by atoms with Crippen molar-refractivity contribution in [1.29, 1.82) is 0 Å². The first-order chi connectivity index (χ1) is 9.65. The summed E-state index contributed by atoms with van der Waals surface area (Å²) >= 11 is 0. The quantitative estimate of drug-likeness (QED) is 0.742. The predicted molar refractivity (Wildman–Crippen MR) is 73.9 cm³/mol. The van der Waals surface area contributed by atoms with E-state index in [1.807, 2.05) is 20.9 Å². The maximum Gasteiger partial charge on any atom is 0.258 e. The Labute approximate surface area is 116 Å². The Bertz CT molecular complexity index is 543. The fourth-order valence-electron chi connectivity index (χ4n) is 1.48. The van der Waals surface area contributed by atoms with Gasteiger partial charge in [-0.1, -0.05) is 0 Å². The molecule has 0 amide bonds. The molecule has 2 aromatic rings. The molecule has 0 saturated carbocycles. The molecular formula is C11H18N8O. The molecule has 108 valence electrons. The second-order valence-corrected chi connectivity index (χ2v) is 4.27. The molecule has 9 heteroatoms. The summed E-state index contributed by atoms with van der Waals surface area (Å²) in [6.45, 7) is 4.54. The van der Waals surface area contributed by atoms with Gasteiger partial charge in [-0.05, 0) is 13.8 Å². The fraction of sp³-hybridized carbons (Fsp3) is 0.545. The van der Waals surface area contributed by atoms with E-state index in [1.54, 1.807) is 4.90 Å². The van der Waals surface area contributed by atoms with Gasteiger partial charge in [-0.2, -0.15) is 24.7 Å². The number of hydrogen-bond donors (Lipinski definition) is 2. The molecule has 0 aliphatic carbocycles. The standard InChI is InChI=1S/C11H18N8O/c1-4-13-9-15-10(18(3)8(2)5-20)17-11(16-9)19-7-12-6-14-19/h6-8,20H,4-5H2,1-3H3,(H,13,15,16,17). The van der Waals surface area contributed by atoms with Gasteiger partial charge in [-0.15, -0.1) is 0 Å². The summed E-state index contributed by atoms with van der Waals surface area (Å²) in [5.74, 6) is 1.29. The van der Waals surface area contributed by atoms with Crippen molar-refractivity contribution in [2.45, 2.75) is 19.9 Å². The van der Waals surface area contributed by atoms with Crippen LogP contribution in [-0.4, -0.2) is 61.1 Å². The lowest BCUT2D eigenvalue weighted by molar-refractivity contribution is 0.269. The highest BCUT2D eigenvalue weighted by Crippen LogP contribution is 2.13. The normalized spacial score (nSPS) is 12.2. The summed E-state index contributed by atoms with van der Waals surface area (Å²) in [4.78, 5) is 18.6. The van der Waals surface area contributed by atoms with Crippen molar-refractivity contribution < 1.29 is 5.11 Å². The summed E-state index contributed by atoms with van der Waals surface area (Å²) in [7, 11) is 1.82. The minimum atomic E-state index is -0.101. The molecule has 2 aromatic heterocycles. The third kappa shape index (κ3) is 2.99. The van der Waals surface area contributed by atoms with Crippen molar-refractivity contribution in [2.75, 3.05) is 30.4 Å². The fourth-order valence-corrected chi connectivity index (χ4v) is 1.48. The number of nitrogens with one attached hydrogen (secondary N) is 1. The first kappa shape index (κ1) is 14.1. The zero-order chi connectivity index (χ0) is 14.5. The molecule has 0 radical (unpaired) electrons. The molecule has 0 bridgehead atoms. The summed E-state index contributed by atoms with van der Waals surface area (Å²) < 4.78 is 1.46. The van der Waals surface area contributed by atoms with Crippen LogP contribution in [0.3, 0.4) is 0 Å². The summed E-state index contributed by atoms with van der Waals surface area (Å²) in [6.07, 6.45) is 2.93. The lowest BCUT2D eigenvalue weighted by atomic mass is 10.3. The zero-order valence-electron chi connectivity index (χ0n) is 11.7. The van der Waals surface area contributed by atoms with Crippen molar-refractivity contribution in [3.05, 3.63) is 12.7 Å². The Morgan fingerprint density at radius 3 is 2.80 bits per heavy atom. The Hall–Kier alpha value is -2.29. The molecule has 1 unspecified atom stereocenters. The van der Waals surface area contributed by atoms with Crippen molar-refractivity contribution in [2.24, 2.45) is 0 Å². The van der Waals surface area contributed by atoms with E-state index >= 15 is 0 Å². The van der Waals surface area contributed by atoms with Crippen LogP contribution < -0.4 is 10.2 Å². The Kier molecular flexibility index (Phi) is 4.41. The topological polar surface area (TPSA) is 105 Å². The van der Waals surface area contributed by atoms with Gasteiger partial charge in [0, 0.05) is 13.6 Å². The highest BCUT2D eigenvalue weighted by molar-refractivity contribution is 5.40. The average Bonchev–Trinajstić information content (AvgIpc) is 3.00. The van der Waals surface area contributed by atoms with Gasteiger partial charge in [0.05, 0.1) is 12.6 Å². The van der Waals surface area contributed by atoms with Gasteiger partial charge in [-0.3, -0.25) is 0 Å². The molecule has 0 saturated heterocycles. The van der Waals surface area contributed by atoms with Gasteiger partial charge in [-0.25, -0.2) is 4.98 Å². The van der Waals surface area contributed by atoms with E-state index in [0.29, 0.717) is 24.4 Å². The number of rotatable bonds is 6. The van der Waals surface area contributed by atoms with Crippen LogP contribution in [0.5, 0.6) is 0 Å². The monoisotopic (exact) mass is 278 g/mol. The number of aliphatic hydroxyl groups is 1. The van der Waals surface area contributed by atoms with E-state index in [0.717, 1.165) is 0 Å². The maximum atomic E-state index is 9.24. The van der Waals surface area contributed by atoms with Crippen LogP contribution in [0.2, 0.25) is 0 Å². The average molecular weight is 278 g/mol. The molecule has 2 N–H and O–H groups in total. The molecule has 0 aromatic carbocycles. The summed E-state index contributed by atoms with van der Waals surface area (Å²) in [5, 5.41) is 16.3. The number of nitrogens with zero attached hydrogens (tertiary/aromatic N) is 7. The Morgan fingerprint density at radius 1 is 1.40 bits per heavy atom. The van der Waals surface area contributed by atoms with Gasteiger partial charge in [0.25, 0.3) is 5.95 Å². The lowest BCUT2D eigenvalue weighted by Gasteiger charge is -2.23. The smallest absolute Gasteiger partial charge is 0.258 e. The molecule has 0 spiro atoms. The van der Waals surface area contributed by atoms with E-state index in [1.165, 1.54) is 17.3 Å². The second-order valence-electron chi connectivity index (χ2n) is 4.27. The van der Waals surface area contributed by atoms with Gasteiger partial charge < -0.3 is 15.3 Å². The van der Waals surface area contributed by atoms with E-state index < -0.39 is 0 Å². The Morgan fingerprint density at radius 2 is 2.20 bits per heavy atom. The van der Waals surface area contributed by atoms with E-state index in [9.17, 15) is 5.11 Å². The molecule has 0 aliphatic heterocycles. The third-order valence-electron chi connectivity index (χ3n) is 2.81. The van der Waals surface area contributed by atoms with Crippen LogP contribution in [0.1, 0.15) is 13.8 Å². The minimum absolute atomic E-state index is 0.0113. The van der Waals surface area contributed by atoms with Crippen LogP contribution in [0.4, 0.5) is 11.9 Å². The Balaban J connectivity index is 2.41. The summed E-state index contributed by atoms with van der Waals surface area (Å²) in [5.41, 5.74) is 0. The summed E-state index contributed by atoms with van der Waals surface area (Å²) in [6, 6.07) is -0.101. The highest BCUT2D eigenvalue weighted by Gasteiger charge is 2.15. The van der Waals surface area contributed by atoms with Crippen LogP contribution in [-0.2, 0) is 0 Å². The molecule has 20 heavy (non-hydrogen) atoms. The van der Waals surface area contributed by atoms with Gasteiger partial charge in [0.15, 0.2) is 0 Å². The minimum Gasteiger partial charge on any atom is -0.394 e. The highest BCUT2D eigenvalue weighted by atomic mass is 16.3. The first-order valence-corrected chi connectivity index (χ1v) is 6.34. The number of anilines is 2. The predicted octanol–water partition coefficient (Wildman–Crippen LogP) is -0.299. The number of likely N-dealkylation sites (N-methyl/N-ethyl adjacent to an activating group) is 1. The largest absolute Gasteiger partial charge is 0.394 e. The van der Waals surface area contributed by atoms with Gasteiger partial charge >= 0.3 is 0 Å². The molecular weight excluding hydrogens is 260 g/mol. The number of hydrogen-bond acceptors (Lipinski definition) is 8. The third-order valence-corrected chi connectivity index (χ3v) is 2.81. The van der Waals surface area contributed by atoms with Crippen molar-refractivity contribution in [3.63, 3.8) is 0 Å². The van der Waals surface area contributed by atoms with Gasteiger partial charge in [0.1, 0.15) is 12.7 Å². The SMILES string of the molecule is CCNc1nc(N(C)C(C)CO)nc(-n2cncn2)n1. The zero-order valence-corrected chi connectivity index (χ0v) is 11.7. The molecule has 0 aliphatic rings. The second kappa shape index (κ2) is 6.24. The molecule has 2 rings (SSSR count). The first-order valence-electron chi connectivity index (χ1n) is 6.34. The van der Waals surface area contributed by atoms with Crippen molar-refractivity contribution in [3.8, 4) is 5.95 Å². The lowest BCUT2D eigenvalue weighted by Crippen LogP contribution is -2.33. The van der Waals surface area contributed by atoms with E-state index in [2.05, 4.69) is 30.4 Å². The van der Waals surface area contributed by atoms with Crippen LogP contribution in [0.25, 0.3) is 5.95 Å². The molecule has 1 atom stereocenters. The van der Waals surface area contributed by atoms with Crippen LogP contribution in [0, 0.1) is 0 Å². The maximum absolute atomic E-state index is 9.24. The van der Waals surface area contributed by atoms with Crippen LogP contribution >= 0.6 is 0 Å². The number of aliphatic hydroxyl groups excluding tert-OH is 1. The molecule has 2 heterocycles.